The van der Waals surface area contributed by atoms with Crippen LogP contribution in [0.25, 0.3) is 0 Å². The molecule has 0 fully saturated rings. The lowest BCUT2D eigenvalue weighted by atomic mass is 10.1. The SMILES string of the molecule is CSCC(=O)N1CCC=C(C)C1. The first-order chi connectivity index (χ1) is 5.74. The monoisotopic (exact) mass is 185 g/mol. The number of nitrogens with zero attached hydrogens (tertiary/aromatic N) is 1. The molecule has 68 valence electrons. The quantitative estimate of drug-likeness (QED) is 0.608. The topological polar surface area (TPSA) is 20.3 Å². The summed E-state index contributed by atoms with van der Waals surface area (Å²) in [4.78, 5) is 13.4. The van der Waals surface area contributed by atoms with Crippen molar-refractivity contribution in [1.82, 2.24) is 4.90 Å². The largest absolute Gasteiger partial charge is 0.338 e. The van der Waals surface area contributed by atoms with Crippen LogP contribution in [0.15, 0.2) is 11.6 Å². The van der Waals surface area contributed by atoms with Crippen molar-refractivity contribution in [3.05, 3.63) is 11.6 Å². The molecule has 1 aliphatic heterocycles. The number of hydrogen-bond acceptors (Lipinski definition) is 2. The van der Waals surface area contributed by atoms with Crippen molar-refractivity contribution in [1.29, 1.82) is 0 Å². The summed E-state index contributed by atoms with van der Waals surface area (Å²) < 4.78 is 0. The average molecular weight is 185 g/mol. The predicted molar refractivity (Wildman–Crippen MR) is 53.3 cm³/mol. The Bertz CT molecular complexity index is 201. The van der Waals surface area contributed by atoms with Gasteiger partial charge in [-0.2, -0.15) is 11.8 Å². The first-order valence-electron chi connectivity index (χ1n) is 4.16. The smallest absolute Gasteiger partial charge is 0.232 e. The van der Waals surface area contributed by atoms with Crippen LogP contribution < -0.4 is 0 Å². The van der Waals surface area contributed by atoms with Crippen molar-refractivity contribution in [2.75, 3.05) is 25.1 Å². The summed E-state index contributed by atoms with van der Waals surface area (Å²) in [6.45, 7) is 3.81. The maximum absolute atomic E-state index is 11.4. The zero-order valence-electron chi connectivity index (χ0n) is 7.67. The minimum absolute atomic E-state index is 0.273. The summed E-state index contributed by atoms with van der Waals surface area (Å²) >= 11 is 1.59. The number of hydrogen-bond donors (Lipinski definition) is 0. The van der Waals surface area contributed by atoms with Gasteiger partial charge in [-0.25, -0.2) is 0 Å². The lowest BCUT2D eigenvalue weighted by Crippen LogP contribution is -2.36. The van der Waals surface area contributed by atoms with Crippen LogP contribution in [0.5, 0.6) is 0 Å². The van der Waals surface area contributed by atoms with E-state index in [2.05, 4.69) is 13.0 Å². The van der Waals surface area contributed by atoms with Crippen molar-refractivity contribution in [2.24, 2.45) is 0 Å². The first-order valence-corrected chi connectivity index (χ1v) is 5.55. The molecule has 0 N–H and O–H groups in total. The van der Waals surface area contributed by atoms with Gasteiger partial charge in [0.25, 0.3) is 0 Å². The van der Waals surface area contributed by atoms with Crippen molar-refractivity contribution in [3.8, 4) is 0 Å². The Morgan fingerprint density at radius 3 is 3.08 bits per heavy atom. The van der Waals surface area contributed by atoms with Gasteiger partial charge in [-0.05, 0) is 19.6 Å². The number of rotatable bonds is 2. The third-order valence-electron chi connectivity index (χ3n) is 1.95. The van der Waals surface area contributed by atoms with Gasteiger partial charge in [0.1, 0.15) is 0 Å². The van der Waals surface area contributed by atoms with E-state index in [0.717, 1.165) is 19.5 Å². The van der Waals surface area contributed by atoms with Gasteiger partial charge in [0, 0.05) is 13.1 Å². The minimum atomic E-state index is 0.273. The Balaban J connectivity index is 2.43. The fraction of sp³-hybridized carbons (Fsp3) is 0.667. The van der Waals surface area contributed by atoms with Crippen molar-refractivity contribution < 1.29 is 4.79 Å². The second-order valence-electron chi connectivity index (χ2n) is 3.09. The van der Waals surface area contributed by atoms with Crippen LogP contribution in [-0.4, -0.2) is 35.9 Å². The lowest BCUT2D eigenvalue weighted by Gasteiger charge is -2.25. The highest BCUT2D eigenvalue weighted by molar-refractivity contribution is 7.99. The molecule has 0 aliphatic carbocycles. The van der Waals surface area contributed by atoms with Crippen LogP contribution in [0, 0.1) is 0 Å². The van der Waals surface area contributed by atoms with E-state index in [1.54, 1.807) is 11.8 Å². The molecule has 0 spiro atoms. The Kier molecular flexibility index (Phi) is 3.66. The molecule has 0 saturated heterocycles. The summed E-state index contributed by atoms with van der Waals surface area (Å²) in [7, 11) is 0. The molecule has 2 nitrogen and oxygen atoms in total. The van der Waals surface area contributed by atoms with Gasteiger partial charge in [-0.3, -0.25) is 4.79 Å². The predicted octanol–water partition coefficient (Wildman–Crippen LogP) is 1.53. The molecule has 1 heterocycles. The van der Waals surface area contributed by atoms with E-state index in [1.807, 2.05) is 11.2 Å². The van der Waals surface area contributed by atoms with E-state index in [1.165, 1.54) is 5.57 Å². The van der Waals surface area contributed by atoms with Crippen LogP contribution in [-0.2, 0) is 4.79 Å². The second kappa shape index (κ2) is 4.55. The maximum Gasteiger partial charge on any atom is 0.232 e. The Labute approximate surface area is 78.0 Å². The van der Waals surface area contributed by atoms with Gasteiger partial charge in [-0.1, -0.05) is 11.6 Å². The Morgan fingerprint density at radius 1 is 1.75 bits per heavy atom. The van der Waals surface area contributed by atoms with Gasteiger partial charge in [0.2, 0.25) is 5.91 Å². The number of thioether (sulfide) groups is 1. The highest BCUT2D eigenvalue weighted by atomic mass is 32.2. The number of carbonyl (C=O) groups excluding carboxylic acids is 1. The van der Waals surface area contributed by atoms with E-state index in [0.29, 0.717) is 5.75 Å². The summed E-state index contributed by atoms with van der Waals surface area (Å²) in [5, 5.41) is 0. The normalized spacial score (nSPS) is 17.5. The number of amides is 1. The fourth-order valence-corrected chi connectivity index (χ4v) is 1.77. The molecule has 0 unspecified atom stereocenters. The highest BCUT2D eigenvalue weighted by Gasteiger charge is 2.14. The molecule has 1 rings (SSSR count). The molecule has 1 amide bonds. The van der Waals surface area contributed by atoms with E-state index in [9.17, 15) is 4.79 Å². The van der Waals surface area contributed by atoms with E-state index >= 15 is 0 Å². The van der Waals surface area contributed by atoms with Gasteiger partial charge in [0.15, 0.2) is 0 Å². The van der Waals surface area contributed by atoms with Gasteiger partial charge in [-0.15, -0.1) is 0 Å². The first kappa shape index (κ1) is 9.65. The average Bonchev–Trinajstić information content (AvgIpc) is 2.05. The van der Waals surface area contributed by atoms with Crippen LogP contribution in [0.1, 0.15) is 13.3 Å². The van der Waals surface area contributed by atoms with Gasteiger partial charge < -0.3 is 4.90 Å². The molecule has 0 radical (unpaired) electrons. The zero-order valence-corrected chi connectivity index (χ0v) is 8.49. The van der Waals surface area contributed by atoms with Crippen LogP contribution >= 0.6 is 11.8 Å². The van der Waals surface area contributed by atoms with Crippen LogP contribution in [0.2, 0.25) is 0 Å². The highest BCUT2D eigenvalue weighted by Crippen LogP contribution is 2.09. The fourth-order valence-electron chi connectivity index (χ4n) is 1.34. The maximum atomic E-state index is 11.4. The third kappa shape index (κ3) is 2.55. The molecular weight excluding hydrogens is 170 g/mol. The van der Waals surface area contributed by atoms with Crippen LogP contribution in [0.4, 0.5) is 0 Å². The standard InChI is InChI=1S/C9H15NOS/c1-8-4-3-5-10(6-8)9(11)7-12-2/h4H,3,5-7H2,1-2H3. The van der Waals surface area contributed by atoms with E-state index in [4.69, 9.17) is 0 Å². The molecule has 0 aromatic heterocycles. The van der Waals surface area contributed by atoms with Crippen molar-refractivity contribution in [3.63, 3.8) is 0 Å². The molecule has 12 heavy (non-hydrogen) atoms. The molecule has 1 aliphatic rings. The molecule has 3 heteroatoms. The minimum Gasteiger partial charge on any atom is -0.338 e. The van der Waals surface area contributed by atoms with Crippen LogP contribution in [0.3, 0.4) is 0 Å². The van der Waals surface area contributed by atoms with Gasteiger partial charge in [0.05, 0.1) is 5.75 Å². The second-order valence-corrected chi connectivity index (χ2v) is 3.95. The van der Waals surface area contributed by atoms with Crippen molar-refractivity contribution in [2.45, 2.75) is 13.3 Å². The van der Waals surface area contributed by atoms with Crippen molar-refractivity contribution >= 4 is 17.7 Å². The molecular formula is C9H15NOS. The Morgan fingerprint density at radius 2 is 2.50 bits per heavy atom. The molecule has 0 saturated carbocycles. The summed E-state index contributed by atoms with van der Waals surface area (Å²) in [6.07, 6.45) is 5.19. The van der Waals surface area contributed by atoms with E-state index < -0.39 is 0 Å². The Hall–Kier alpha value is -0.440. The van der Waals surface area contributed by atoms with Gasteiger partial charge >= 0.3 is 0 Å². The lowest BCUT2D eigenvalue weighted by molar-refractivity contribution is -0.128. The molecule has 0 aromatic carbocycles. The number of carbonyl (C=O) groups is 1. The summed E-state index contributed by atoms with van der Waals surface area (Å²) in [5.74, 6) is 0.891. The zero-order chi connectivity index (χ0) is 8.97. The van der Waals surface area contributed by atoms with E-state index in [-0.39, 0.29) is 5.91 Å². The summed E-state index contributed by atoms with van der Waals surface area (Å²) in [6, 6.07) is 0. The molecule has 0 atom stereocenters. The molecule has 0 bridgehead atoms. The summed E-state index contributed by atoms with van der Waals surface area (Å²) in [5.41, 5.74) is 1.32. The third-order valence-corrected chi connectivity index (χ3v) is 2.49. The molecule has 0 aromatic rings.